The highest BCUT2D eigenvalue weighted by atomic mass is 32.1. The van der Waals surface area contributed by atoms with Gasteiger partial charge in [-0.1, -0.05) is 4.49 Å². The van der Waals surface area contributed by atoms with Crippen LogP contribution in [0.25, 0.3) is 6.08 Å². The molecular formula is C22H28N4O5S. The number of methoxy groups -OCH3 is 3. The van der Waals surface area contributed by atoms with Crippen LogP contribution in [-0.2, 0) is 4.79 Å². The van der Waals surface area contributed by atoms with E-state index in [1.807, 2.05) is 4.90 Å². The van der Waals surface area contributed by atoms with Crippen LogP contribution in [0.5, 0.6) is 17.2 Å². The van der Waals surface area contributed by atoms with E-state index in [0.717, 1.165) is 29.9 Å². The number of carbonyl (C=O) groups is 2. The number of likely N-dealkylation sites (tertiary alicyclic amines) is 1. The topological polar surface area (TPSA) is 103 Å². The third kappa shape index (κ3) is 5.56. The van der Waals surface area contributed by atoms with E-state index in [1.165, 1.54) is 6.08 Å². The molecule has 0 saturated carbocycles. The first-order valence-electron chi connectivity index (χ1n) is 10.3. The van der Waals surface area contributed by atoms with Crippen molar-refractivity contribution in [3.63, 3.8) is 0 Å². The van der Waals surface area contributed by atoms with E-state index in [2.05, 4.69) is 14.9 Å². The summed E-state index contributed by atoms with van der Waals surface area (Å²) < 4.78 is 19.8. The van der Waals surface area contributed by atoms with Crippen LogP contribution in [0.15, 0.2) is 18.2 Å². The molecule has 3 rings (SSSR count). The van der Waals surface area contributed by atoms with Crippen molar-refractivity contribution in [1.82, 2.24) is 19.8 Å². The first-order chi connectivity index (χ1) is 15.5. The van der Waals surface area contributed by atoms with Gasteiger partial charge in [-0.3, -0.25) is 9.59 Å². The normalized spacial score (nSPS) is 14.4. The van der Waals surface area contributed by atoms with E-state index in [9.17, 15) is 9.59 Å². The molecule has 2 amide bonds. The van der Waals surface area contributed by atoms with Crippen LogP contribution in [-0.4, -0.2) is 67.3 Å². The molecule has 0 radical (unpaired) electrons. The molecule has 1 N–H and O–H groups in total. The van der Waals surface area contributed by atoms with Gasteiger partial charge in [0.1, 0.15) is 4.88 Å². The molecule has 0 unspecified atom stereocenters. The van der Waals surface area contributed by atoms with Crippen LogP contribution in [0, 0.1) is 12.8 Å². The standard InChI is InChI=1S/C22H28N4O5S/c1-14-21(32-25-24-14)22(28)26-9-7-15(8-10-26)13-23-19(27)6-5-16-11-17(29-2)20(31-4)18(12-16)30-3/h5-6,11-12,15H,7-10,13H2,1-4H3,(H,23,27)/b6-5+. The van der Waals surface area contributed by atoms with Gasteiger partial charge in [0.05, 0.1) is 27.0 Å². The number of hydrogen-bond donors (Lipinski definition) is 1. The van der Waals surface area contributed by atoms with Crippen molar-refractivity contribution >= 4 is 29.4 Å². The molecule has 1 fully saturated rings. The number of ether oxygens (including phenoxy) is 3. The highest BCUT2D eigenvalue weighted by Crippen LogP contribution is 2.38. The summed E-state index contributed by atoms with van der Waals surface area (Å²) in [7, 11) is 4.64. The summed E-state index contributed by atoms with van der Waals surface area (Å²) in [5.41, 5.74) is 1.43. The Balaban J connectivity index is 1.49. The maximum Gasteiger partial charge on any atom is 0.267 e. The molecule has 0 spiro atoms. The zero-order valence-electron chi connectivity index (χ0n) is 18.7. The predicted molar refractivity (Wildman–Crippen MR) is 121 cm³/mol. The molecule has 172 valence electrons. The van der Waals surface area contributed by atoms with Crippen molar-refractivity contribution in [2.75, 3.05) is 41.0 Å². The van der Waals surface area contributed by atoms with Crippen molar-refractivity contribution < 1.29 is 23.8 Å². The van der Waals surface area contributed by atoms with Crippen LogP contribution < -0.4 is 19.5 Å². The van der Waals surface area contributed by atoms with Gasteiger partial charge < -0.3 is 24.4 Å². The molecule has 1 saturated heterocycles. The second-order valence-corrected chi connectivity index (χ2v) is 8.21. The van der Waals surface area contributed by atoms with Crippen molar-refractivity contribution in [3.05, 3.63) is 34.3 Å². The lowest BCUT2D eigenvalue weighted by molar-refractivity contribution is -0.116. The third-order valence-electron chi connectivity index (χ3n) is 5.43. The van der Waals surface area contributed by atoms with Gasteiger partial charge in [-0.15, -0.1) is 5.10 Å². The SMILES string of the molecule is COc1cc(/C=C/C(=O)NCC2CCN(C(=O)c3snnc3C)CC2)cc(OC)c1OC. The Morgan fingerprint density at radius 3 is 2.34 bits per heavy atom. The fourth-order valence-electron chi connectivity index (χ4n) is 3.58. The maximum atomic E-state index is 12.6. The molecule has 0 atom stereocenters. The van der Waals surface area contributed by atoms with Crippen LogP contribution in [0.3, 0.4) is 0 Å². The van der Waals surface area contributed by atoms with Gasteiger partial charge in [0.25, 0.3) is 5.91 Å². The van der Waals surface area contributed by atoms with Crippen molar-refractivity contribution in [2.24, 2.45) is 5.92 Å². The van der Waals surface area contributed by atoms with Gasteiger partial charge in [0.15, 0.2) is 11.5 Å². The number of aromatic nitrogens is 2. The Morgan fingerprint density at radius 2 is 1.81 bits per heavy atom. The number of aryl methyl sites for hydroxylation is 1. The highest BCUT2D eigenvalue weighted by Gasteiger charge is 2.26. The number of nitrogens with one attached hydrogen (secondary N) is 1. The van der Waals surface area contributed by atoms with E-state index in [-0.39, 0.29) is 11.8 Å². The lowest BCUT2D eigenvalue weighted by Gasteiger charge is -2.31. The number of amides is 2. The monoisotopic (exact) mass is 460 g/mol. The lowest BCUT2D eigenvalue weighted by Crippen LogP contribution is -2.41. The molecule has 9 nitrogen and oxygen atoms in total. The zero-order valence-corrected chi connectivity index (χ0v) is 19.5. The summed E-state index contributed by atoms with van der Waals surface area (Å²) in [5, 5.41) is 6.86. The average molecular weight is 461 g/mol. The molecule has 1 aliphatic rings. The molecule has 2 heterocycles. The summed E-state index contributed by atoms with van der Waals surface area (Å²) in [5.74, 6) is 1.70. The quantitative estimate of drug-likeness (QED) is 0.604. The molecule has 1 aromatic heterocycles. The molecule has 0 aliphatic carbocycles. The Morgan fingerprint density at radius 1 is 1.16 bits per heavy atom. The number of benzene rings is 1. The van der Waals surface area contributed by atoms with Gasteiger partial charge in [0.2, 0.25) is 11.7 Å². The summed E-state index contributed by atoms with van der Waals surface area (Å²) in [6.07, 6.45) is 4.87. The van der Waals surface area contributed by atoms with E-state index in [4.69, 9.17) is 14.2 Å². The number of piperidine rings is 1. The Hall–Kier alpha value is -3.14. The molecule has 10 heteroatoms. The Labute approximate surface area is 191 Å². The molecule has 0 bridgehead atoms. The minimum absolute atomic E-state index is 0.00623. The van der Waals surface area contributed by atoms with Gasteiger partial charge >= 0.3 is 0 Å². The predicted octanol–water partition coefficient (Wildman–Crippen LogP) is 2.55. The first-order valence-corrected chi connectivity index (χ1v) is 11.1. The lowest BCUT2D eigenvalue weighted by atomic mass is 9.96. The summed E-state index contributed by atoms with van der Waals surface area (Å²) >= 11 is 1.14. The fourth-order valence-corrected chi connectivity index (χ4v) is 4.21. The van der Waals surface area contributed by atoms with Crippen LogP contribution in [0.2, 0.25) is 0 Å². The van der Waals surface area contributed by atoms with Gasteiger partial charge in [-0.2, -0.15) is 0 Å². The fraction of sp³-hybridized carbons (Fsp3) is 0.455. The van der Waals surface area contributed by atoms with Crippen LogP contribution >= 0.6 is 11.5 Å². The van der Waals surface area contributed by atoms with E-state index in [0.29, 0.717) is 53.4 Å². The van der Waals surface area contributed by atoms with Gasteiger partial charge in [-0.25, -0.2) is 0 Å². The second kappa shape index (κ2) is 10.9. The molecule has 2 aromatic rings. The van der Waals surface area contributed by atoms with E-state index in [1.54, 1.807) is 46.5 Å². The van der Waals surface area contributed by atoms with Crippen molar-refractivity contribution in [1.29, 1.82) is 0 Å². The summed E-state index contributed by atoms with van der Waals surface area (Å²) in [4.78, 5) is 27.3. The maximum absolute atomic E-state index is 12.6. The minimum Gasteiger partial charge on any atom is -0.493 e. The largest absolute Gasteiger partial charge is 0.493 e. The van der Waals surface area contributed by atoms with E-state index < -0.39 is 0 Å². The van der Waals surface area contributed by atoms with Crippen molar-refractivity contribution in [3.8, 4) is 17.2 Å². The number of rotatable bonds is 8. The third-order valence-corrected chi connectivity index (χ3v) is 6.24. The zero-order chi connectivity index (χ0) is 23.1. The summed E-state index contributed by atoms with van der Waals surface area (Å²) in [6.45, 7) is 3.70. The molecule has 32 heavy (non-hydrogen) atoms. The smallest absolute Gasteiger partial charge is 0.267 e. The number of hydrogen-bond acceptors (Lipinski definition) is 8. The molecule has 1 aromatic carbocycles. The van der Waals surface area contributed by atoms with Crippen LogP contribution in [0.1, 0.15) is 33.8 Å². The number of nitrogens with zero attached hydrogens (tertiary/aromatic N) is 3. The minimum atomic E-state index is -0.177. The van der Waals surface area contributed by atoms with Gasteiger partial charge in [-0.05, 0) is 61.0 Å². The molecule has 1 aliphatic heterocycles. The highest BCUT2D eigenvalue weighted by molar-refractivity contribution is 7.07. The van der Waals surface area contributed by atoms with Crippen molar-refractivity contribution in [2.45, 2.75) is 19.8 Å². The second-order valence-electron chi connectivity index (χ2n) is 7.46. The first kappa shape index (κ1) is 23.5. The Kier molecular flexibility index (Phi) is 8.04. The number of carbonyl (C=O) groups excluding carboxylic acids is 2. The Bertz CT molecular complexity index is 957. The molecular weight excluding hydrogens is 432 g/mol. The van der Waals surface area contributed by atoms with Crippen LogP contribution in [0.4, 0.5) is 0 Å². The van der Waals surface area contributed by atoms with Gasteiger partial charge in [0, 0.05) is 25.7 Å². The summed E-state index contributed by atoms with van der Waals surface area (Å²) in [6, 6.07) is 3.55. The van der Waals surface area contributed by atoms with E-state index >= 15 is 0 Å². The average Bonchev–Trinajstić information content (AvgIpc) is 3.26.